The Morgan fingerprint density at radius 2 is 1.00 bits per heavy atom. The molecular formula is C60H85Cl3N5O20P2+. The van der Waals surface area contributed by atoms with Crippen molar-refractivity contribution in [2.24, 2.45) is 0 Å². The molecule has 1 aliphatic carbocycles. The zero-order chi connectivity index (χ0) is 69.0. The summed E-state index contributed by atoms with van der Waals surface area (Å²) in [5.41, 5.74) is 3.81. The number of rotatable bonds is 18. The molecule has 0 saturated heterocycles. The van der Waals surface area contributed by atoms with E-state index in [0.29, 0.717) is 104 Å². The van der Waals surface area contributed by atoms with Gasteiger partial charge in [0.2, 0.25) is 6.16 Å². The molecule has 500 valence electrons. The van der Waals surface area contributed by atoms with Gasteiger partial charge < -0.3 is 62.8 Å². The van der Waals surface area contributed by atoms with Gasteiger partial charge in [0.1, 0.15) is 51.9 Å². The molecule has 0 saturated carbocycles. The topological polar surface area (TPSA) is 358 Å². The average molecular weight is 1360 g/mol. The van der Waals surface area contributed by atoms with E-state index in [1.54, 1.807) is 131 Å². The van der Waals surface area contributed by atoms with E-state index < -0.39 is 53.7 Å². The molecule has 25 nitrogen and oxygen atoms in total. The van der Waals surface area contributed by atoms with Crippen LogP contribution in [-0.4, -0.2) is 147 Å². The van der Waals surface area contributed by atoms with E-state index >= 15 is 0 Å². The largest absolute Gasteiger partial charge is 0.461 e. The number of H-pyrrole nitrogens is 5. The van der Waals surface area contributed by atoms with E-state index in [2.05, 4.69) is 58.6 Å². The Morgan fingerprint density at radius 1 is 0.578 bits per heavy atom. The molecule has 0 fully saturated rings. The minimum atomic E-state index is -3.22. The van der Waals surface area contributed by atoms with E-state index in [1.807, 2.05) is 20.8 Å². The first-order chi connectivity index (χ1) is 41.8. The van der Waals surface area contributed by atoms with Crippen molar-refractivity contribution in [3.63, 3.8) is 0 Å². The summed E-state index contributed by atoms with van der Waals surface area (Å²) in [6.07, 6.45) is 7.25. The Balaban J connectivity index is 0. The number of Topliss-reactive ketones (excluding diaryl/α,β-unsaturated/α-hetero) is 1. The molecular weight excluding hydrogens is 1280 g/mol. The lowest BCUT2D eigenvalue weighted by molar-refractivity contribution is -0.155. The van der Waals surface area contributed by atoms with Crippen molar-refractivity contribution in [1.29, 1.82) is 0 Å². The SMILES string of the molecule is CCOC(=O)c1cc2c([nH]1)CCC2=O.CCOC(=O)c1ccc(C=CC(=O)OC(C)(C)C)[nH]1.CCOC(=O)c1ccc(C=O)[nH]1.CCOC(=O)c1ccc(CCC(=O)OC(C)(C)C)[nH]1.CCOC(=O)c1ccc[nH]1.C[P+](=O)CC(=O)OC(C)(C)C.O=P(Cl)(Cl)Cl.[HH]. The maximum absolute atomic E-state index is 11.5. The summed E-state index contributed by atoms with van der Waals surface area (Å²) in [7, 11) is -1.42. The molecule has 0 aliphatic heterocycles. The number of fused-ring (bicyclic) bond motifs is 1. The van der Waals surface area contributed by atoms with Crippen LogP contribution >= 0.6 is 46.7 Å². The fraction of sp³-hybridized carbons (Fsp3) is 0.467. The van der Waals surface area contributed by atoms with E-state index in [-0.39, 0.29) is 43.7 Å². The number of nitrogens with one attached hydrogen (secondary N) is 5. The van der Waals surface area contributed by atoms with Gasteiger partial charge in [-0.15, -0.1) is 0 Å². The normalized spacial score (nSPS) is 11.5. The Labute approximate surface area is 540 Å². The van der Waals surface area contributed by atoms with E-state index in [0.717, 1.165) is 11.4 Å². The van der Waals surface area contributed by atoms with Crippen LogP contribution in [-0.2, 0) is 74.3 Å². The van der Waals surface area contributed by atoms with Gasteiger partial charge in [-0.1, -0.05) is 4.57 Å². The molecule has 5 aromatic heterocycles. The molecule has 0 amide bonds. The standard InChI is InChI=1S/C14H21NO4.C14H19NO4.C10H11NO3.C8H9NO3.C7H9NO2.C7H14O3P.Cl3OP.H2/c2*1-5-18-13(17)11-8-6-10(15-11)7-9-12(16)19-14(2,3)4;1-2-14-10(13)8-5-6-7(11-8)3-4-9(6)12;1-2-12-8(11)7-4-3-6(5-10)9-7;1-2-10-7(9)6-4-3-5-8-6;1-7(2,3)10-6(8)5-11(4)9;1-5(2,3)4;/h6,8,15H,5,7,9H2,1-4H3;6-9,15H,5H2,1-4H3;5,11H,2-4H2,1H3;3-5,9H,2H2,1H3;3-5,8H,2H2,1H3;5H2,1-4H3;;1H/q;;;;;+1;;. The number of carbonyl (C=O) groups is 10. The molecule has 5 aromatic rings. The Bertz CT molecular complexity index is 3190. The van der Waals surface area contributed by atoms with E-state index in [4.69, 9.17) is 37.9 Å². The summed E-state index contributed by atoms with van der Waals surface area (Å²) in [5, 5.41) is -3.22. The van der Waals surface area contributed by atoms with Crippen LogP contribution in [0.2, 0.25) is 0 Å². The predicted octanol–water partition coefficient (Wildman–Crippen LogP) is 13.4. The molecule has 30 heteroatoms. The van der Waals surface area contributed by atoms with Gasteiger partial charge in [0.25, 0.3) is 0 Å². The number of carbonyl (C=O) groups excluding carboxylic acids is 10. The summed E-state index contributed by atoms with van der Waals surface area (Å²) in [4.78, 5) is 125. The molecule has 0 spiro atoms. The van der Waals surface area contributed by atoms with Gasteiger partial charge in [-0.05, 0) is 204 Å². The highest BCUT2D eigenvalue weighted by atomic mass is 36.0. The number of esters is 8. The smallest absolute Gasteiger partial charge is 0.355 e. The molecule has 5 heterocycles. The van der Waals surface area contributed by atoms with E-state index in [9.17, 15) is 57.1 Å². The molecule has 0 bridgehead atoms. The summed E-state index contributed by atoms with van der Waals surface area (Å²) >= 11 is 13.8. The molecule has 0 aromatic carbocycles. The van der Waals surface area contributed by atoms with Crippen LogP contribution in [0.15, 0.2) is 66.9 Å². The van der Waals surface area contributed by atoms with Gasteiger partial charge in [0.05, 0.1) is 45.1 Å². The van der Waals surface area contributed by atoms with Crippen LogP contribution < -0.4 is 0 Å². The van der Waals surface area contributed by atoms with Crippen LogP contribution in [0.3, 0.4) is 0 Å². The Morgan fingerprint density at radius 3 is 1.41 bits per heavy atom. The highest BCUT2D eigenvalue weighted by Crippen LogP contribution is 2.61. The van der Waals surface area contributed by atoms with Crippen LogP contribution in [0.1, 0.15) is 202 Å². The van der Waals surface area contributed by atoms with Gasteiger partial charge in [-0.3, -0.25) is 18.9 Å². The van der Waals surface area contributed by atoms with Gasteiger partial charge in [-0.25, -0.2) is 33.6 Å². The van der Waals surface area contributed by atoms with Gasteiger partial charge in [-0.2, -0.15) is 0 Å². The average Bonchev–Trinajstić information content (AvgIpc) is 1.68. The first-order valence-corrected chi connectivity index (χ1v) is 34.3. The zero-order valence-corrected chi connectivity index (χ0v) is 57.3. The lowest BCUT2D eigenvalue weighted by atomic mass is 10.2. The van der Waals surface area contributed by atoms with Crippen molar-refractivity contribution in [3.05, 3.63) is 124 Å². The highest BCUT2D eigenvalue weighted by Gasteiger charge is 2.25. The molecule has 1 atom stereocenters. The second kappa shape index (κ2) is 41.7. The lowest BCUT2D eigenvalue weighted by Crippen LogP contribution is -2.24. The monoisotopic (exact) mass is 1360 g/mol. The Kier molecular flexibility index (Phi) is 38.2. The van der Waals surface area contributed by atoms with Gasteiger partial charge >= 0.3 is 60.8 Å². The summed E-state index contributed by atoms with van der Waals surface area (Å²) in [6, 6.07) is 14.8. The third-order valence-electron chi connectivity index (χ3n) is 9.76. The van der Waals surface area contributed by atoms with Crippen molar-refractivity contribution in [1.82, 2.24) is 24.9 Å². The number of aryl methyl sites for hydroxylation is 2. The number of ether oxygens (including phenoxy) is 8. The van der Waals surface area contributed by atoms with Crippen LogP contribution in [0.4, 0.5) is 0 Å². The quantitative estimate of drug-likeness (QED) is 0.0179. The summed E-state index contributed by atoms with van der Waals surface area (Å²) in [6.45, 7) is 28.2. The van der Waals surface area contributed by atoms with E-state index in [1.165, 1.54) is 24.9 Å². The number of hydrogen-bond donors (Lipinski definition) is 5. The molecule has 1 aliphatic rings. The second-order valence-corrected chi connectivity index (χ2v) is 29.3. The minimum Gasteiger partial charge on any atom is -0.461 e. The first-order valence-electron chi connectivity index (χ1n) is 28.0. The van der Waals surface area contributed by atoms with Gasteiger partial charge in [0.15, 0.2) is 12.1 Å². The van der Waals surface area contributed by atoms with Crippen LogP contribution in [0.25, 0.3) is 6.08 Å². The maximum Gasteiger partial charge on any atom is 0.355 e. The van der Waals surface area contributed by atoms with Crippen molar-refractivity contribution in [3.8, 4) is 0 Å². The Hall–Kier alpha value is -7.56. The van der Waals surface area contributed by atoms with Crippen LogP contribution in [0.5, 0.6) is 0 Å². The number of halogens is 3. The molecule has 1 unspecified atom stereocenters. The van der Waals surface area contributed by atoms with Crippen molar-refractivity contribution in [2.75, 3.05) is 45.9 Å². The minimum absolute atomic E-state index is 0. The number of aromatic amines is 5. The fourth-order valence-electron chi connectivity index (χ4n) is 6.54. The van der Waals surface area contributed by atoms with Crippen molar-refractivity contribution < 1.29 is 96.4 Å². The third-order valence-corrected chi connectivity index (χ3v) is 10.5. The molecule has 5 N–H and O–H groups in total. The number of ketones is 1. The summed E-state index contributed by atoms with van der Waals surface area (Å²) < 4.78 is 59.3. The molecule has 90 heavy (non-hydrogen) atoms. The zero-order valence-electron chi connectivity index (χ0n) is 53.3. The van der Waals surface area contributed by atoms with Crippen LogP contribution in [0, 0.1) is 0 Å². The number of hydrogen-bond acceptors (Lipinski definition) is 20. The molecule has 6 rings (SSSR count). The maximum atomic E-state index is 11.5. The second-order valence-electron chi connectivity index (χ2n) is 21.1. The van der Waals surface area contributed by atoms with Crippen molar-refractivity contribution in [2.45, 2.75) is 139 Å². The first kappa shape index (κ1) is 82.4. The number of aldehydes is 1. The molecule has 0 radical (unpaired) electrons. The highest BCUT2D eigenvalue weighted by molar-refractivity contribution is 8.24. The third kappa shape index (κ3) is 39.4. The summed E-state index contributed by atoms with van der Waals surface area (Å²) in [5.74, 6) is -2.90. The number of aromatic nitrogens is 5. The van der Waals surface area contributed by atoms with Crippen molar-refractivity contribution >= 4 is 113 Å². The fourth-order valence-corrected chi connectivity index (χ4v) is 6.97. The van der Waals surface area contributed by atoms with Gasteiger partial charge in [0, 0.05) is 42.8 Å². The lowest BCUT2D eigenvalue weighted by Gasteiger charge is -2.19. The predicted molar refractivity (Wildman–Crippen MR) is 342 cm³/mol.